The predicted molar refractivity (Wildman–Crippen MR) is 105 cm³/mol. The van der Waals surface area contributed by atoms with Gasteiger partial charge in [-0.3, -0.25) is 4.79 Å². The van der Waals surface area contributed by atoms with Gasteiger partial charge in [-0.1, -0.05) is 36.4 Å². The molecule has 28 heavy (non-hydrogen) atoms. The standard InChI is InChI=1S/C21H22N4O3/c1-14-8-9-18(28-2)17(10-14)25-20(22-23-21(25)27)16-11-19(26)24(13-16)12-15-6-4-3-5-7-15/h3-10,16H,11-13H2,1-2H3,(H,23,27)/t16-/m1/s1. The number of carbonyl (C=O) groups excluding carboxylic acids is 1. The molecule has 0 bridgehead atoms. The fraction of sp³-hybridized carbons (Fsp3) is 0.286. The molecule has 1 aliphatic heterocycles. The third-order valence-electron chi connectivity index (χ3n) is 5.07. The number of carbonyl (C=O) groups is 1. The Bertz CT molecular complexity index is 1060. The molecule has 1 fully saturated rings. The van der Waals surface area contributed by atoms with Crippen molar-refractivity contribution >= 4 is 5.91 Å². The zero-order valence-corrected chi connectivity index (χ0v) is 15.9. The van der Waals surface area contributed by atoms with Crippen LogP contribution < -0.4 is 10.4 Å². The van der Waals surface area contributed by atoms with Crippen LogP contribution >= 0.6 is 0 Å². The fourth-order valence-corrected chi connectivity index (χ4v) is 3.69. The van der Waals surface area contributed by atoms with Crippen LogP contribution in [0.4, 0.5) is 0 Å². The number of rotatable bonds is 5. The molecule has 1 amide bonds. The highest BCUT2D eigenvalue weighted by Crippen LogP contribution is 2.31. The molecule has 1 N–H and O–H groups in total. The Balaban J connectivity index is 1.66. The van der Waals surface area contributed by atoms with Crippen LogP contribution in [0.25, 0.3) is 5.69 Å². The number of nitrogens with zero attached hydrogens (tertiary/aromatic N) is 3. The molecule has 0 radical (unpaired) electrons. The van der Waals surface area contributed by atoms with Crippen molar-refractivity contribution in [2.75, 3.05) is 13.7 Å². The summed E-state index contributed by atoms with van der Waals surface area (Å²) in [5.74, 6) is 1.03. The number of ether oxygens (including phenoxy) is 1. The summed E-state index contributed by atoms with van der Waals surface area (Å²) in [7, 11) is 1.57. The number of H-pyrrole nitrogens is 1. The number of aryl methyl sites for hydroxylation is 1. The van der Waals surface area contributed by atoms with Gasteiger partial charge >= 0.3 is 5.69 Å². The molecule has 0 unspecified atom stereocenters. The van der Waals surface area contributed by atoms with Crippen LogP contribution in [0.2, 0.25) is 0 Å². The van der Waals surface area contributed by atoms with Crippen LogP contribution in [-0.4, -0.2) is 39.2 Å². The van der Waals surface area contributed by atoms with Gasteiger partial charge < -0.3 is 9.64 Å². The van der Waals surface area contributed by atoms with Crippen molar-refractivity contribution in [2.24, 2.45) is 0 Å². The summed E-state index contributed by atoms with van der Waals surface area (Å²) in [5, 5.41) is 6.78. The van der Waals surface area contributed by atoms with Crippen LogP contribution in [0.1, 0.15) is 29.3 Å². The van der Waals surface area contributed by atoms with Crippen molar-refractivity contribution in [3.8, 4) is 11.4 Å². The second-order valence-electron chi connectivity index (χ2n) is 7.06. The molecule has 2 heterocycles. The number of likely N-dealkylation sites (tertiary alicyclic amines) is 1. The molecule has 1 aromatic heterocycles. The van der Waals surface area contributed by atoms with Crippen LogP contribution in [-0.2, 0) is 11.3 Å². The molecule has 2 aromatic carbocycles. The van der Waals surface area contributed by atoms with Gasteiger partial charge in [-0.2, -0.15) is 5.10 Å². The smallest absolute Gasteiger partial charge is 0.348 e. The zero-order valence-electron chi connectivity index (χ0n) is 15.9. The third kappa shape index (κ3) is 3.31. The van der Waals surface area contributed by atoms with Gasteiger partial charge in [0.15, 0.2) is 0 Å². The quantitative estimate of drug-likeness (QED) is 0.739. The van der Waals surface area contributed by atoms with E-state index in [1.165, 1.54) is 4.57 Å². The normalized spacial score (nSPS) is 16.6. The van der Waals surface area contributed by atoms with Crippen molar-refractivity contribution < 1.29 is 9.53 Å². The minimum atomic E-state index is -0.340. The first-order chi connectivity index (χ1) is 13.6. The van der Waals surface area contributed by atoms with E-state index in [-0.39, 0.29) is 17.5 Å². The van der Waals surface area contributed by atoms with Crippen molar-refractivity contribution in [1.82, 2.24) is 19.7 Å². The van der Waals surface area contributed by atoms with E-state index in [0.29, 0.717) is 36.8 Å². The molecule has 4 rings (SSSR count). The van der Waals surface area contributed by atoms with E-state index in [9.17, 15) is 9.59 Å². The number of aromatic nitrogens is 3. The highest BCUT2D eigenvalue weighted by molar-refractivity contribution is 5.79. The molecule has 0 spiro atoms. The monoisotopic (exact) mass is 378 g/mol. The number of aromatic amines is 1. The van der Waals surface area contributed by atoms with Crippen molar-refractivity contribution in [3.63, 3.8) is 0 Å². The van der Waals surface area contributed by atoms with E-state index < -0.39 is 0 Å². The molecule has 1 saturated heterocycles. The Kier molecular flexibility index (Phi) is 4.73. The molecule has 0 aliphatic carbocycles. The number of hydrogen-bond donors (Lipinski definition) is 1. The van der Waals surface area contributed by atoms with Crippen LogP contribution in [0.5, 0.6) is 5.75 Å². The van der Waals surface area contributed by atoms with Crippen molar-refractivity contribution in [1.29, 1.82) is 0 Å². The zero-order chi connectivity index (χ0) is 19.7. The number of nitrogens with one attached hydrogen (secondary N) is 1. The van der Waals surface area contributed by atoms with Crippen LogP contribution in [0.15, 0.2) is 53.3 Å². The van der Waals surface area contributed by atoms with E-state index in [0.717, 1.165) is 11.1 Å². The van der Waals surface area contributed by atoms with E-state index >= 15 is 0 Å². The number of benzene rings is 2. The van der Waals surface area contributed by atoms with Gasteiger partial charge in [0, 0.05) is 25.4 Å². The topological polar surface area (TPSA) is 80.2 Å². The van der Waals surface area contributed by atoms with E-state index in [4.69, 9.17) is 4.74 Å². The second-order valence-corrected chi connectivity index (χ2v) is 7.06. The molecular formula is C21H22N4O3. The first-order valence-corrected chi connectivity index (χ1v) is 9.21. The summed E-state index contributed by atoms with van der Waals surface area (Å²) in [6, 6.07) is 15.5. The highest BCUT2D eigenvalue weighted by Gasteiger charge is 2.34. The minimum absolute atomic E-state index is 0.0621. The van der Waals surface area contributed by atoms with E-state index in [1.54, 1.807) is 7.11 Å². The lowest BCUT2D eigenvalue weighted by atomic mass is 10.1. The van der Waals surface area contributed by atoms with Gasteiger partial charge in [0.2, 0.25) is 5.91 Å². The number of methoxy groups -OCH3 is 1. The SMILES string of the molecule is COc1ccc(C)cc1-n1c([C@@H]2CC(=O)N(Cc3ccccc3)C2)n[nH]c1=O. The van der Waals surface area contributed by atoms with Gasteiger partial charge in [-0.15, -0.1) is 0 Å². The maximum absolute atomic E-state index is 12.6. The van der Waals surface area contributed by atoms with E-state index in [2.05, 4.69) is 10.2 Å². The highest BCUT2D eigenvalue weighted by atomic mass is 16.5. The number of amides is 1. The van der Waals surface area contributed by atoms with Crippen molar-refractivity contribution in [2.45, 2.75) is 25.8 Å². The maximum atomic E-state index is 12.6. The molecule has 1 aliphatic rings. The Labute approximate surface area is 162 Å². The lowest BCUT2D eigenvalue weighted by molar-refractivity contribution is -0.128. The molecule has 1 atom stereocenters. The van der Waals surface area contributed by atoms with Crippen LogP contribution in [0, 0.1) is 6.92 Å². The first kappa shape index (κ1) is 18.0. The maximum Gasteiger partial charge on any atom is 0.348 e. The number of hydrogen-bond acceptors (Lipinski definition) is 4. The van der Waals surface area contributed by atoms with Gasteiger partial charge in [0.05, 0.1) is 12.8 Å². The second kappa shape index (κ2) is 7.34. The first-order valence-electron chi connectivity index (χ1n) is 9.21. The average molecular weight is 378 g/mol. The minimum Gasteiger partial charge on any atom is -0.495 e. The Morgan fingerprint density at radius 2 is 1.96 bits per heavy atom. The molecule has 144 valence electrons. The molecular weight excluding hydrogens is 356 g/mol. The summed E-state index contributed by atoms with van der Waals surface area (Å²) in [5.41, 5.74) is 2.37. The van der Waals surface area contributed by atoms with Gasteiger partial charge in [-0.25, -0.2) is 14.5 Å². The summed E-state index contributed by atoms with van der Waals surface area (Å²) in [6.07, 6.45) is 0.325. The lowest BCUT2D eigenvalue weighted by Gasteiger charge is -2.17. The predicted octanol–water partition coefficient (Wildman–Crippen LogP) is 2.39. The Hall–Kier alpha value is -3.35. The molecule has 7 heteroatoms. The van der Waals surface area contributed by atoms with Crippen LogP contribution in [0.3, 0.4) is 0 Å². The summed E-state index contributed by atoms with van der Waals surface area (Å²) < 4.78 is 6.96. The van der Waals surface area contributed by atoms with Crippen molar-refractivity contribution in [3.05, 3.63) is 76.0 Å². The molecule has 3 aromatic rings. The average Bonchev–Trinajstić information content (AvgIpc) is 3.25. The summed E-state index contributed by atoms with van der Waals surface area (Å²) in [4.78, 5) is 26.9. The summed E-state index contributed by atoms with van der Waals surface area (Å²) in [6.45, 7) is 3.03. The largest absolute Gasteiger partial charge is 0.495 e. The summed E-state index contributed by atoms with van der Waals surface area (Å²) >= 11 is 0. The molecule has 7 nitrogen and oxygen atoms in total. The molecule has 0 saturated carbocycles. The lowest BCUT2D eigenvalue weighted by Crippen LogP contribution is -2.25. The fourth-order valence-electron chi connectivity index (χ4n) is 3.69. The Morgan fingerprint density at radius 3 is 2.71 bits per heavy atom. The van der Waals surface area contributed by atoms with Gasteiger partial charge in [-0.05, 0) is 30.2 Å². The van der Waals surface area contributed by atoms with Gasteiger partial charge in [0.25, 0.3) is 0 Å². The third-order valence-corrected chi connectivity index (χ3v) is 5.07. The van der Waals surface area contributed by atoms with E-state index in [1.807, 2.05) is 60.4 Å². The Morgan fingerprint density at radius 1 is 1.18 bits per heavy atom. The van der Waals surface area contributed by atoms with Gasteiger partial charge in [0.1, 0.15) is 11.6 Å².